The lowest BCUT2D eigenvalue weighted by Crippen LogP contribution is -2.25. The normalized spacial score (nSPS) is 10.9. The van der Waals surface area contributed by atoms with E-state index in [1.165, 1.54) is 6.20 Å². The summed E-state index contributed by atoms with van der Waals surface area (Å²) in [6, 6.07) is 28.0. The van der Waals surface area contributed by atoms with Crippen molar-refractivity contribution in [1.82, 2.24) is 19.6 Å². The van der Waals surface area contributed by atoms with Gasteiger partial charge in [-0.15, -0.1) is 0 Å². The molecule has 0 aliphatic carbocycles. The van der Waals surface area contributed by atoms with Crippen LogP contribution in [0, 0.1) is 0 Å². The summed E-state index contributed by atoms with van der Waals surface area (Å²) in [5, 5.41) is 7.82. The first-order chi connectivity index (χ1) is 18.1. The number of anilines is 3. The minimum Gasteiger partial charge on any atom is -0.462 e. The Bertz CT molecular complexity index is 1470. The molecule has 0 bridgehead atoms. The molecule has 186 valence electrons. The van der Waals surface area contributed by atoms with Crippen molar-refractivity contribution >= 4 is 45.0 Å². The van der Waals surface area contributed by atoms with Crippen LogP contribution in [0.1, 0.15) is 28.4 Å². The number of nitrogens with zero attached hydrogens (tertiary/aromatic N) is 5. The van der Waals surface area contributed by atoms with Crippen LogP contribution in [-0.2, 0) is 17.8 Å². The second kappa shape index (κ2) is 11.2. The minimum absolute atomic E-state index is 0.261. The molecule has 0 atom stereocenters. The van der Waals surface area contributed by atoms with Crippen molar-refractivity contribution in [1.29, 1.82) is 0 Å². The van der Waals surface area contributed by atoms with Gasteiger partial charge in [0.15, 0.2) is 5.65 Å². The molecule has 0 radical (unpaired) electrons. The molecule has 0 unspecified atom stereocenters. The van der Waals surface area contributed by atoms with Crippen LogP contribution >= 0.6 is 15.9 Å². The highest BCUT2D eigenvalue weighted by molar-refractivity contribution is 9.10. The van der Waals surface area contributed by atoms with Crippen LogP contribution in [-0.4, -0.2) is 32.2 Å². The molecule has 9 heteroatoms. The Balaban J connectivity index is 1.64. The SMILES string of the molecule is CCOC(=O)c1cnn2c(N(Cc3ccccc3)Cc3ccccc3)cc(Nc3cccc(Br)n3)nc12. The van der Waals surface area contributed by atoms with Crippen molar-refractivity contribution < 1.29 is 9.53 Å². The fourth-order valence-corrected chi connectivity index (χ4v) is 4.37. The van der Waals surface area contributed by atoms with Gasteiger partial charge in [0, 0.05) is 19.2 Å². The number of benzene rings is 2. The van der Waals surface area contributed by atoms with Gasteiger partial charge in [0.2, 0.25) is 0 Å². The number of fused-ring (bicyclic) bond motifs is 1. The predicted molar refractivity (Wildman–Crippen MR) is 147 cm³/mol. The van der Waals surface area contributed by atoms with Gasteiger partial charge in [-0.1, -0.05) is 66.7 Å². The zero-order chi connectivity index (χ0) is 25.6. The van der Waals surface area contributed by atoms with Crippen molar-refractivity contribution in [2.24, 2.45) is 0 Å². The largest absolute Gasteiger partial charge is 0.462 e. The summed E-state index contributed by atoms with van der Waals surface area (Å²) in [7, 11) is 0. The van der Waals surface area contributed by atoms with Crippen molar-refractivity contribution in [3.05, 3.63) is 112 Å². The number of pyridine rings is 1. The van der Waals surface area contributed by atoms with Gasteiger partial charge >= 0.3 is 5.97 Å². The predicted octanol–water partition coefficient (Wildman–Crippen LogP) is 6.01. The lowest BCUT2D eigenvalue weighted by Gasteiger charge is -2.26. The van der Waals surface area contributed by atoms with E-state index in [1.807, 2.05) is 60.7 Å². The Kier molecular flexibility index (Phi) is 7.41. The summed E-state index contributed by atoms with van der Waals surface area (Å²) in [5.74, 6) is 1.45. The summed E-state index contributed by atoms with van der Waals surface area (Å²) in [6.45, 7) is 3.28. The first-order valence-electron chi connectivity index (χ1n) is 11.9. The summed E-state index contributed by atoms with van der Waals surface area (Å²) >= 11 is 3.41. The number of ether oxygens (including phenoxy) is 1. The average Bonchev–Trinajstić information content (AvgIpc) is 3.33. The minimum atomic E-state index is -0.466. The fraction of sp³-hybridized carbons (Fsp3) is 0.143. The number of carbonyl (C=O) groups is 1. The van der Waals surface area contributed by atoms with Crippen LogP contribution in [0.4, 0.5) is 17.5 Å². The van der Waals surface area contributed by atoms with E-state index >= 15 is 0 Å². The van der Waals surface area contributed by atoms with Crippen molar-refractivity contribution in [3.8, 4) is 0 Å². The molecule has 0 saturated carbocycles. The third kappa shape index (κ3) is 5.78. The zero-order valence-corrected chi connectivity index (χ0v) is 21.8. The Morgan fingerprint density at radius 3 is 2.22 bits per heavy atom. The molecule has 1 N–H and O–H groups in total. The van der Waals surface area contributed by atoms with Gasteiger partial charge in [0.05, 0.1) is 12.8 Å². The molecule has 0 fully saturated rings. The van der Waals surface area contributed by atoms with Gasteiger partial charge in [0.25, 0.3) is 0 Å². The van der Waals surface area contributed by atoms with Crippen LogP contribution < -0.4 is 10.2 Å². The Labute approximate surface area is 223 Å². The van der Waals surface area contributed by atoms with Gasteiger partial charge in [-0.2, -0.15) is 9.61 Å². The molecule has 3 heterocycles. The maximum absolute atomic E-state index is 12.7. The third-order valence-corrected chi connectivity index (χ3v) is 6.12. The molecule has 2 aromatic carbocycles. The highest BCUT2D eigenvalue weighted by atomic mass is 79.9. The number of hydrogen-bond acceptors (Lipinski definition) is 7. The Morgan fingerprint density at radius 2 is 1.59 bits per heavy atom. The quantitative estimate of drug-likeness (QED) is 0.175. The highest BCUT2D eigenvalue weighted by Crippen LogP contribution is 2.27. The first kappa shape index (κ1) is 24.5. The lowest BCUT2D eigenvalue weighted by molar-refractivity contribution is 0.0528. The summed E-state index contributed by atoms with van der Waals surface area (Å²) in [6.07, 6.45) is 1.51. The number of aromatic nitrogens is 4. The van der Waals surface area contributed by atoms with Crippen molar-refractivity contribution in [2.45, 2.75) is 20.0 Å². The summed E-state index contributed by atoms with van der Waals surface area (Å²) < 4.78 is 7.67. The Hall–Kier alpha value is -4.24. The van der Waals surface area contributed by atoms with Crippen LogP contribution in [0.25, 0.3) is 5.65 Å². The molecule has 8 nitrogen and oxygen atoms in total. The maximum atomic E-state index is 12.7. The smallest absolute Gasteiger partial charge is 0.343 e. The van der Waals surface area contributed by atoms with E-state index in [-0.39, 0.29) is 6.61 Å². The van der Waals surface area contributed by atoms with Crippen LogP contribution in [0.5, 0.6) is 0 Å². The first-order valence-corrected chi connectivity index (χ1v) is 12.7. The van der Waals surface area contributed by atoms with E-state index in [0.29, 0.717) is 40.5 Å². The molecule has 37 heavy (non-hydrogen) atoms. The van der Waals surface area contributed by atoms with Gasteiger partial charge in [0.1, 0.15) is 27.6 Å². The van der Waals surface area contributed by atoms with E-state index < -0.39 is 5.97 Å². The number of esters is 1. The second-order valence-corrected chi connectivity index (χ2v) is 9.12. The standard InChI is InChI=1S/C28H25BrN6O2/c1-2-37-28(36)22-17-30-35-26(16-25(33-27(22)35)32-24-15-9-14-23(29)31-24)34(18-20-10-5-3-6-11-20)19-21-12-7-4-8-13-21/h3-17H,2,18-19H2,1H3,(H,31,32,33). The lowest BCUT2D eigenvalue weighted by atomic mass is 10.1. The van der Waals surface area contributed by atoms with Crippen LogP contribution in [0.15, 0.2) is 95.7 Å². The van der Waals surface area contributed by atoms with E-state index in [9.17, 15) is 4.79 Å². The van der Waals surface area contributed by atoms with E-state index in [0.717, 1.165) is 16.9 Å². The van der Waals surface area contributed by atoms with E-state index in [4.69, 9.17) is 9.72 Å². The van der Waals surface area contributed by atoms with Gasteiger partial charge in [-0.05, 0) is 46.1 Å². The fourth-order valence-electron chi connectivity index (χ4n) is 4.02. The molecular formula is C28H25BrN6O2. The van der Waals surface area contributed by atoms with E-state index in [2.05, 4.69) is 60.5 Å². The molecule has 0 spiro atoms. The maximum Gasteiger partial charge on any atom is 0.343 e. The average molecular weight is 557 g/mol. The van der Waals surface area contributed by atoms with Crippen LogP contribution in [0.3, 0.4) is 0 Å². The molecule has 5 aromatic rings. The molecule has 5 rings (SSSR count). The third-order valence-electron chi connectivity index (χ3n) is 5.68. The molecular weight excluding hydrogens is 532 g/mol. The Morgan fingerprint density at radius 1 is 0.919 bits per heavy atom. The van der Waals surface area contributed by atoms with Gasteiger partial charge < -0.3 is 15.0 Å². The number of carbonyl (C=O) groups excluding carboxylic acids is 1. The van der Waals surface area contributed by atoms with Gasteiger partial charge in [-0.25, -0.2) is 14.8 Å². The summed E-state index contributed by atoms with van der Waals surface area (Å²) in [4.78, 5) is 24.1. The second-order valence-electron chi connectivity index (χ2n) is 8.31. The molecule has 0 amide bonds. The summed E-state index contributed by atoms with van der Waals surface area (Å²) in [5.41, 5.74) is 2.99. The number of halogens is 1. The zero-order valence-electron chi connectivity index (χ0n) is 20.2. The van der Waals surface area contributed by atoms with Crippen LogP contribution in [0.2, 0.25) is 0 Å². The number of nitrogens with one attached hydrogen (secondary N) is 1. The van der Waals surface area contributed by atoms with E-state index in [1.54, 1.807) is 11.4 Å². The molecule has 0 saturated heterocycles. The highest BCUT2D eigenvalue weighted by Gasteiger charge is 2.21. The number of hydrogen-bond donors (Lipinski definition) is 1. The monoisotopic (exact) mass is 556 g/mol. The number of rotatable bonds is 9. The molecule has 0 aliphatic heterocycles. The van der Waals surface area contributed by atoms with Gasteiger partial charge in [-0.3, -0.25) is 0 Å². The molecule has 0 aliphatic rings. The molecule has 3 aromatic heterocycles. The van der Waals surface area contributed by atoms with Crippen molar-refractivity contribution in [3.63, 3.8) is 0 Å². The van der Waals surface area contributed by atoms with Crippen molar-refractivity contribution in [2.75, 3.05) is 16.8 Å². The topological polar surface area (TPSA) is 84.6 Å².